The van der Waals surface area contributed by atoms with E-state index >= 15 is 0 Å². The maximum absolute atomic E-state index is 12.5. The molecule has 0 aliphatic rings. The first-order valence-corrected chi connectivity index (χ1v) is 9.42. The number of hydrogen-bond acceptors (Lipinski definition) is 4. The number of amides is 1. The van der Waals surface area contributed by atoms with Crippen LogP contribution in [0, 0.1) is 6.92 Å². The van der Waals surface area contributed by atoms with E-state index in [1.807, 2.05) is 49.4 Å². The molecule has 0 aliphatic carbocycles. The SMILES string of the molecule is Cc1cc(NC(=O)CCn2cnc3ccccc3c2=O)n(Cc2ccccc2)n1. The number of aryl methyl sites for hydroxylation is 2. The Morgan fingerprint density at radius 1 is 1.07 bits per heavy atom. The molecule has 0 saturated heterocycles. The van der Waals surface area contributed by atoms with E-state index in [9.17, 15) is 9.59 Å². The minimum absolute atomic E-state index is 0.145. The van der Waals surface area contributed by atoms with Gasteiger partial charge in [0, 0.05) is 19.0 Å². The standard InChI is InChI=1S/C22H21N5O2/c1-16-13-20(27(25-16)14-17-7-3-2-4-8-17)24-21(28)11-12-26-15-23-19-10-6-5-9-18(19)22(26)29/h2-10,13,15H,11-12,14H2,1H3,(H,24,28). The van der Waals surface area contributed by atoms with Gasteiger partial charge in [-0.1, -0.05) is 42.5 Å². The lowest BCUT2D eigenvalue weighted by atomic mass is 10.2. The van der Waals surface area contributed by atoms with Crippen molar-refractivity contribution in [3.63, 3.8) is 0 Å². The number of hydrogen-bond donors (Lipinski definition) is 1. The molecule has 4 rings (SSSR count). The van der Waals surface area contributed by atoms with E-state index < -0.39 is 0 Å². The minimum Gasteiger partial charge on any atom is -0.311 e. The highest BCUT2D eigenvalue weighted by molar-refractivity contribution is 5.89. The van der Waals surface area contributed by atoms with Crippen molar-refractivity contribution in [1.82, 2.24) is 19.3 Å². The van der Waals surface area contributed by atoms with Gasteiger partial charge >= 0.3 is 0 Å². The molecular weight excluding hydrogens is 366 g/mol. The summed E-state index contributed by atoms with van der Waals surface area (Å²) in [7, 11) is 0. The number of carbonyl (C=O) groups is 1. The van der Waals surface area contributed by atoms with Crippen LogP contribution in [0.5, 0.6) is 0 Å². The molecular formula is C22H21N5O2. The van der Waals surface area contributed by atoms with Gasteiger partial charge in [0.1, 0.15) is 5.82 Å². The smallest absolute Gasteiger partial charge is 0.261 e. The van der Waals surface area contributed by atoms with Crippen LogP contribution >= 0.6 is 0 Å². The summed E-state index contributed by atoms with van der Waals surface area (Å²) in [6, 6.07) is 19.0. The van der Waals surface area contributed by atoms with Crippen molar-refractivity contribution in [3.8, 4) is 0 Å². The molecule has 7 heteroatoms. The first-order chi connectivity index (χ1) is 14.1. The van der Waals surface area contributed by atoms with Crippen molar-refractivity contribution >= 4 is 22.6 Å². The Morgan fingerprint density at radius 3 is 2.66 bits per heavy atom. The van der Waals surface area contributed by atoms with E-state index in [1.54, 1.807) is 22.9 Å². The van der Waals surface area contributed by atoms with E-state index in [0.29, 0.717) is 23.3 Å². The van der Waals surface area contributed by atoms with Gasteiger partial charge in [0.05, 0.1) is 29.5 Å². The van der Waals surface area contributed by atoms with Gasteiger partial charge in [0.15, 0.2) is 0 Å². The van der Waals surface area contributed by atoms with E-state index in [0.717, 1.165) is 11.3 Å². The molecule has 2 aromatic heterocycles. The van der Waals surface area contributed by atoms with Crippen LogP contribution in [0.3, 0.4) is 0 Å². The molecule has 0 bridgehead atoms. The fourth-order valence-corrected chi connectivity index (χ4v) is 3.22. The predicted molar refractivity (Wildman–Crippen MR) is 112 cm³/mol. The van der Waals surface area contributed by atoms with Crippen LogP contribution in [0.15, 0.2) is 71.8 Å². The quantitative estimate of drug-likeness (QED) is 0.551. The zero-order valence-corrected chi connectivity index (χ0v) is 16.1. The lowest BCUT2D eigenvalue weighted by Gasteiger charge is -2.10. The summed E-state index contributed by atoms with van der Waals surface area (Å²) in [6.45, 7) is 2.71. The Bertz CT molecular complexity index is 1210. The maximum Gasteiger partial charge on any atom is 0.261 e. The van der Waals surface area contributed by atoms with Crippen molar-refractivity contribution in [2.75, 3.05) is 5.32 Å². The highest BCUT2D eigenvalue weighted by Crippen LogP contribution is 2.13. The van der Waals surface area contributed by atoms with Crippen LogP contribution in [0.2, 0.25) is 0 Å². The van der Waals surface area contributed by atoms with Crippen molar-refractivity contribution < 1.29 is 4.79 Å². The molecule has 1 N–H and O–H groups in total. The molecule has 4 aromatic rings. The number of nitrogens with zero attached hydrogens (tertiary/aromatic N) is 4. The number of fused-ring (bicyclic) bond motifs is 1. The zero-order valence-electron chi connectivity index (χ0n) is 16.1. The molecule has 29 heavy (non-hydrogen) atoms. The summed E-state index contributed by atoms with van der Waals surface area (Å²) in [6.07, 6.45) is 1.65. The van der Waals surface area contributed by atoms with Crippen molar-refractivity contribution in [2.24, 2.45) is 0 Å². The second kappa shape index (κ2) is 8.10. The molecule has 0 radical (unpaired) electrons. The Morgan fingerprint density at radius 2 is 1.83 bits per heavy atom. The van der Waals surface area contributed by atoms with Gasteiger partial charge in [0.25, 0.3) is 5.56 Å². The first-order valence-electron chi connectivity index (χ1n) is 9.42. The molecule has 0 unspecified atom stereocenters. The van der Waals surface area contributed by atoms with Gasteiger partial charge in [-0.2, -0.15) is 5.10 Å². The number of rotatable bonds is 6. The van der Waals surface area contributed by atoms with Crippen LogP contribution in [0.4, 0.5) is 5.82 Å². The predicted octanol–water partition coefficient (Wildman–Crippen LogP) is 2.98. The maximum atomic E-state index is 12.5. The van der Waals surface area contributed by atoms with Crippen LogP contribution in [0.25, 0.3) is 10.9 Å². The lowest BCUT2D eigenvalue weighted by Crippen LogP contribution is -2.24. The Balaban J connectivity index is 1.44. The second-order valence-corrected chi connectivity index (χ2v) is 6.87. The van der Waals surface area contributed by atoms with Gasteiger partial charge in [-0.3, -0.25) is 14.2 Å². The highest BCUT2D eigenvalue weighted by Gasteiger charge is 2.11. The number of aromatic nitrogens is 4. The summed E-state index contributed by atoms with van der Waals surface area (Å²) >= 11 is 0. The van der Waals surface area contributed by atoms with Gasteiger partial charge in [0.2, 0.25) is 5.91 Å². The van der Waals surface area contributed by atoms with Gasteiger partial charge < -0.3 is 5.32 Å². The van der Waals surface area contributed by atoms with Crippen molar-refractivity contribution in [2.45, 2.75) is 26.4 Å². The highest BCUT2D eigenvalue weighted by atomic mass is 16.2. The number of carbonyl (C=O) groups excluding carboxylic acids is 1. The Labute approximate surface area is 167 Å². The third-order valence-electron chi connectivity index (χ3n) is 4.66. The number of benzene rings is 2. The molecule has 0 atom stereocenters. The lowest BCUT2D eigenvalue weighted by molar-refractivity contribution is -0.116. The van der Waals surface area contributed by atoms with Crippen LogP contribution in [0.1, 0.15) is 17.7 Å². The van der Waals surface area contributed by atoms with Crippen LogP contribution in [-0.2, 0) is 17.9 Å². The van der Waals surface area contributed by atoms with Crippen molar-refractivity contribution in [1.29, 1.82) is 0 Å². The topological polar surface area (TPSA) is 81.8 Å². The molecule has 146 valence electrons. The third-order valence-corrected chi connectivity index (χ3v) is 4.66. The number of para-hydroxylation sites is 1. The van der Waals surface area contributed by atoms with Crippen LogP contribution in [-0.4, -0.2) is 25.2 Å². The molecule has 0 spiro atoms. The average molecular weight is 387 g/mol. The molecule has 1 amide bonds. The molecule has 2 aromatic carbocycles. The summed E-state index contributed by atoms with van der Waals surface area (Å²) in [5.74, 6) is 0.458. The summed E-state index contributed by atoms with van der Waals surface area (Å²) in [4.78, 5) is 29.3. The van der Waals surface area contributed by atoms with Crippen molar-refractivity contribution in [3.05, 3.63) is 88.6 Å². The van der Waals surface area contributed by atoms with E-state index in [-0.39, 0.29) is 24.4 Å². The zero-order chi connectivity index (χ0) is 20.2. The normalized spacial score (nSPS) is 10.9. The Hall–Kier alpha value is -3.74. The van der Waals surface area contributed by atoms with E-state index in [4.69, 9.17) is 0 Å². The van der Waals surface area contributed by atoms with E-state index in [2.05, 4.69) is 15.4 Å². The molecule has 7 nitrogen and oxygen atoms in total. The Kier molecular flexibility index (Phi) is 5.20. The van der Waals surface area contributed by atoms with Gasteiger partial charge in [-0.25, -0.2) is 9.67 Å². The van der Waals surface area contributed by atoms with Gasteiger partial charge in [-0.15, -0.1) is 0 Å². The van der Waals surface area contributed by atoms with Gasteiger partial charge in [-0.05, 0) is 24.6 Å². The molecule has 0 aliphatic heterocycles. The number of anilines is 1. The summed E-state index contributed by atoms with van der Waals surface area (Å²) in [5, 5.41) is 7.91. The first kappa shape index (κ1) is 18.6. The minimum atomic E-state index is -0.181. The van der Waals surface area contributed by atoms with Crippen LogP contribution < -0.4 is 10.9 Å². The molecule has 0 saturated carbocycles. The number of nitrogens with one attached hydrogen (secondary N) is 1. The fourth-order valence-electron chi connectivity index (χ4n) is 3.22. The molecule has 0 fully saturated rings. The monoisotopic (exact) mass is 387 g/mol. The average Bonchev–Trinajstić information content (AvgIpc) is 3.07. The summed E-state index contributed by atoms with van der Waals surface area (Å²) in [5.41, 5.74) is 2.43. The second-order valence-electron chi connectivity index (χ2n) is 6.87. The summed E-state index contributed by atoms with van der Waals surface area (Å²) < 4.78 is 3.24. The largest absolute Gasteiger partial charge is 0.311 e. The fraction of sp³-hybridized carbons (Fsp3) is 0.182. The third kappa shape index (κ3) is 4.24. The molecule has 2 heterocycles. The van der Waals surface area contributed by atoms with E-state index in [1.165, 1.54) is 10.9 Å².